The van der Waals surface area contributed by atoms with Gasteiger partial charge in [-0.1, -0.05) is 52.9 Å². The van der Waals surface area contributed by atoms with E-state index < -0.39 is 24.5 Å². The van der Waals surface area contributed by atoms with Gasteiger partial charge in [-0.25, -0.2) is 0 Å². The number of hydrogen-bond donors (Lipinski definition) is 0. The van der Waals surface area contributed by atoms with Gasteiger partial charge >= 0.3 is 20.2 Å². The van der Waals surface area contributed by atoms with Gasteiger partial charge in [0.25, 0.3) is 0 Å². The summed E-state index contributed by atoms with van der Waals surface area (Å²) in [5, 5.41) is 0. The summed E-state index contributed by atoms with van der Waals surface area (Å²) < 4.78 is 58.5. The largest absolute Gasteiger partial charge is 0.387 e. The lowest BCUT2D eigenvalue weighted by Gasteiger charge is -2.09. The smallest absolute Gasteiger partial charge is 0.353 e. The van der Waals surface area contributed by atoms with Crippen molar-refractivity contribution >= 4 is 20.2 Å². The number of rotatable bonds is 17. The van der Waals surface area contributed by atoms with E-state index in [-0.39, 0.29) is 0 Å². The summed E-state index contributed by atoms with van der Waals surface area (Å²) in [4.78, 5) is 0. The molecule has 0 aromatic heterocycles. The lowest BCUT2D eigenvalue weighted by atomic mass is 10.2. The Hall–Kier alpha value is -1.28. The van der Waals surface area contributed by atoms with Crippen LogP contribution in [0.4, 0.5) is 0 Å². The first-order valence-corrected chi connectivity index (χ1v) is 13.0. The van der Waals surface area contributed by atoms with Crippen LogP contribution in [0, 0.1) is 0 Å². The van der Waals surface area contributed by atoms with Crippen LogP contribution in [-0.4, -0.2) is 16.8 Å². The van der Waals surface area contributed by atoms with Crippen LogP contribution in [0.2, 0.25) is 0 Å². The average Bonchev–Trinajstić information content (AvgIpc) is 2.63. The van der Waals surface area contributed by atoms with Crippen LogP contribution in [-0.2, 0) is 28.6 Å². The molecule has 0 saturated heterocycles. The molecule has 0 aliphatic rings. The fourth-order valence-corrected chi connectivity index (χ4v) is 4.74. The van der Waals surface area contributed by atoms with E-state index in [4.69, 9.17) is 8.37 Å². The second kappa shape index (κ2) is 15.6. The fraction of sp³-hybridized carbons (Fsp3) is 0.700. The first kappa shape index (κ1) is 26.7. The minimum Gasteiger partial charge on any atom is -0.387 e. The van der Waals surface area contributed by atoms with Crippen LogP contribution < -0.4 is 0 Å². The Morgan fingerprint density at radius 1 is 0.643 bits per heavy atom. The highest BCUT2D eigenvalue weighted by atomic mass is 32.3. The predicted molar refractivity (Wildman–Crippen MR) is 114 cm³/mol. The quantitative estimate of drug-likeness (QED) is 0.160. The summed E-state index contributed by atoms with van der Waals surface area (Å²) in [6.07, 6.45) is 15.4. The van der Waals surface area contributed by atoms with Gasteiger partial charge in [0.05, 0.1) is 0 Å². The van der Waals surface area contributed by atoms with E-state index in [1.807, 2.05) is 13.8 Å². The molecule has 6 nitrogen and oxygen atoms in total. The van der Waals surface area contributed by atoms with Crippen LogP contribution in [0.15, 0.2) is 35.0 Å². The zero-order valence-corrected chi connectivity index (χ0v) is 19.1. The summed E-state index contributed by atoms with van der Waals surface area (Å²) in [5.74, 6) is 0. The van der Waals surface area contributed by atoms with Crippen molar-refractivity contribution in [1.29, 1.82) is 0 Å². The van der Waals surface area contributed by atoms with Crippen LogP contribution in [0.1, 0.15) is 91.4 Å². The van der Waals surface area contributed by atoms with Crippen molar-refractivity contribution in [3.8, 4) is 0 Å². The van der Waals surface area contributed by atoms with E-state index in [2.05, 4.69) is 6.92 Å². The zero-order chi connectivity index (χ0) is 21.3. The highest BCUT2D eigenvalue weighted by Gasteiger charge is 2.32. The normalized spacial score (nSPS) is 12.5. The van der Waals surface area contributed by atoms with E-state index in [0.717, 1.165) is 57.5 Å². The van der Waals surface area contributed by atoms with Crippen LogP contribution in [0.3, 0.4) is 0 Å². The Morgan fingerprint density at radius 2 is 1.11 bits per heavy atom. The molecule has 0 unspecified atom stereocenters. The Bertz CT molecular complexity index is 636. The third kappa shape index (κ3) is 12.2. The van der Waals surface area contributed by atoms with Crippen molar-refractivity contribution in [3.05, 3.63) is 35.0 Å². The number of unbranched alkanes of at least 4 members (excludes halogenated alkanes) is 8. The van der Waals surface area contributed by atoms with Crippen LogP contribution in [0.25, 0.3) is 0 Å². The van der Waals surface area contributed by atoms with Crippen molar-refractivity contribution in [3.63, 3.8) is 0 Å². The molecule has 8 heteroatoms. The van der Waals surface area contributed by atoms with Crippen LogP contribution in [0.5, 0.6) is 0 Å². The Morgan fingerprint density at radius 3 is 1.54 bits per heavy atom. The highest BCUT2D eigenvalue weighted by Crippen LogP contribution is 2.21. The third-order valence-electron chi connectivity index (χ3n) is 3.87. The molecular formula is C20H36O6S2. The molecule has 0 saturated carbocycles. The molecule has 0 heterocycles. The first-order valence-electron chi connectivity index (χ1n) is 10.2. The minimum absolute atomic E-state index is 0.319. The first-order chi connectivity index (χ1) is 13.3. The average molecular weight is 437 g/mol. The minimum atomic E-state index is -4.48. The molecule has 0 rings (SSSR count). The maximum atomic E-state index is 12.4. The van der Waals surface area contributed by atoms with Crippen molar-refractivity contribution < 1.29 is 25.2 Å². The topological polar surface area (TPSA) is 86.7 Å². The van der Waals surface area contributed by atoms with Crippen molar-refractivity contribution in [2.75, 3.05) is 0 Å². The van der Waals surface area contributed by atoms with E-state index in [1.165, 1.54) is 6.08 Å². The second-order valence-electron chi connectivity index (χ2n) is 6.50. The fourth-order valence-electron chi connectivity index (χ4n) is 2.22. The summed E-state index contributed by atoms with van der Waals surface area (Å²) in [7, 11) is -8.96. The Labute approximate surface area is 172 Å². The molecule has 28 heavy (non-hydrogen) atoms. The van der Waals surface area contributed by atoms with Gasteiger partial charge in [0.2, 0.25) is 4.24 Å². The summed E-state index contributed by atoms with van der Waals surface area (Å²) >= 11 is 0. The molecule has 0 aliphatic carbocycles. The maximum Gasteiger partial charge on any atom is 0.353 e. The molecule has 0 amide bonds. The maximum absolute atomic E-state index is 12.4. The van der Waals surface area contributed by atoms with E-state index in [9.17, 15) is 16.8 Å². The molecule has 0 bridgehead atoms. The van der Waals surface area contributed by atoms with Gasteiger partial charge in [-0.3, -0.25) is 0 Å². The molecule has 0 N–H and O–H groups in total. The Balaban J connectivity index is 5.29. The number of hydrogen-bond acceptors (Lipinski definition) is 6. The highest BCUT2D eigenvalue weighted by molar-refractivity contribution is 8.10. The monoisotopic (exact) mass is 436 g/mol. The molecule has 0 aromatic rings. The molecule has 0 aliphatic heterocycles. The molecule has 0 aromatic carbocycles. The van der Waals surface area contributed by atoms with E-state index in [0.29, 0.717) is 25.7 Å². The molecule has 0 atom stereocenters. The van der Waals surface area contributed by atoms with E-state index in [1.54, 1.807) is 12.2 Å². The molecule has 164 valence electrons. The van der Waals surface area contributed by atoms with Gasteiger partial charge in [0.15, 0.2) is 0 Å². The summed E-state index contributed by atoms with van der Waals surface area (Å²) in [5.41, 5.74) is 0. The SMILES string of the molecule is CCCCC=COS(=O)(=O)C(=CCCCCCC)S(=O)(=O)OC=CCCCC. The standard InChI is InChI=1S/C20H36O6S2/c1-4-7-10-13-14-17-20(27(21,22)25-18-15-11-8-5-2)28(23,24)26-19-16-12-9-6-3/h15-19H,4-14H2,1-3H3. The lowest BCUT2D eigenvalue weighted by Crippen LogP contribution is -2.16. The second-order valence-corrected chi connectivity index (χ2v) is 9.84. The molecule has 0 radical (unpaired) electrons. The lowest BCUT2D eigenvalue weighted by molar-refractivity contribution is 0.438. The van der Waals surface area contributed by atoms with Gasteiger partial charge in [0, 0.05) is 0 Å². The van der Waals surface area contributed by atoms with Gasteiger partial charge in [-0.05, 0) is 56.8 Å². The van der Waals surface area contributed by atoms with E-state index >= 15 is 0 Å². The van der Waals surface area contributed by atoms with Crippen molar-refractivity contribution in [1.82, 2.24) is 0 Å². The predicted octanol–water partition coefficient (Wildman–Crippen LogP) is 5.90. The third-order valence-corrected chi connectivity index (χ3v) is 7.14. The molecule has 0 spiro atoms. The zero-order valence-electron chi connectivity index (χ0n) is 17.4. The summed E-state index contributed by atoms with van der Waals surface area (Å²) in [6, 6.07) is 0. The summed E-state index contributed by atoms with van der Waals surface area (Å²) in [6.45, 7) is 6.10. The van der Waals surface area contributed by atoms with Gasteiger partial charge in [-0.2, -0.15) is 16.8 Å². The molecule has 0 fully saturated rings. The van der Waals surface area contributed by atoms with Crippen molar-refractivity contribution in [2.45, 2.75) is 91.4 Å². The Kier molecular flexibility index (Phi) is 14.9. The molecular weight excluding hydrogens is 400 g/mol. The van der Waals surface area contributed by atoms with Gasteiger partial charge < -0.3 is 8.37 Å². The van der Waals surface area contributed by atoms with Gasteiger partial charge in [-0.15, -0.1) is 0 Å². The van der Waals surface area contributed by atoms with Crippen molar-refractivity contribution in [2.24, 2.45) is 0 Å². The van der Waals surface area contributed by atoms with Gasteiger partial charge in [0.1, 0.15) is 12.5 Å². The van der Waals surface area contributed by atoms with Crippen LogP contribution >= 0.6 is 0 Å². The number of allylic oxidation sites excluding steroid dienone is 3.